The van der Waals surface area contributed by atoms with Gasteiger partial charge in [0.2, 0.25) is 23.2 Å². The Bertz CT molecular complexity index is 985. The Hall–Kier alpha value is -4.10. The summed E-state index contributed by atoms with van der Waals surface area (Å²) in [5.41, 5.74) is 3.86. The first-order valence-corrected chi connectivity index (χ1v) is 9.79. The number of hydrogen-bond donors (Lipinski definition) is 11. The zero-order valence-electron chi connectivity index (χ0n) is 18.0. The SMILES string of the molecule is CC(O)C(O)CCc1cc(O)c(-c2c(O)c(O)c(O)c(O)c2O)c(O)c1.NC(=O)CCC(=O)O. The van der Waals surface area contributed by atoms with E-state index in [1.807, 2.05) is 0 Å². The lowest BCUT2D eigenvalue weighted by Gasteiger charge is -2.16. The van der Waals surface area contributed by atoms with Crippen LogP contribution in [0.2, 0.25) is 0 Å². The van der Waals surface area contributed by atoms with Gasteiger partial charge in [0.1, 0.15) is 11.5 Å². The predicted molar refractivity (Wildman–Crippen MR) is 116 cm³/mol. The average molecular weight is 485 g/mol. The summed E-state index contributed by atoms with van der Waals surface area (Å²) in [6.07, 6.45) is -1.86. The summed E-state index contributed by atoms with van der Waals surface area (Å²) < 4.78 is 0. The van der Waals surface area contributed by atoms with E-state index >= 15 is 0 Å². The molecule has 188 valence electrons. The van der Waals surface area contributed by atoms with Crippen molar-refractivity contribution in [3.63, 3.8) is 0 Å². The number of carboxylic acids is 1. The van der Waals surface area contributed by atoms with Gasteiger partial charge in [-0.25, -0.2) is 0 Å². The van der Waals surface area contributed by atoms with Crippen molar-refractivity contribution in [2.24, 2.45) is 5.73 Å². The molecule has 0 aliphatic heterocycles. The fourth-order valence-electron chi connectivity index (χ4n) is 2.78. The van der Waals surface area contributed by atoms with Crippen LogP contribution in [-0.4, -0.2) is 75.1 Å². The van der Waals surface area contributed by atoms with Crippen LogP contribution in [0.4, 0.5) is 0 Å². The van der Waals surface area contributed by atoms with E-state index in [2.05, 4.69) is 5.73 Å². The van der Waals surface area contributed by atoms with Crippen LogP contribution >= 0.6 is 0 Å². The molecule has 0 aromatic heterocycles. The summed E-state index contributed by atoms with van der Waals surface area (Å²) >= 11 is 0. The number of aryl methyl sites for hydroxylation is 1. The second-order valence-electron chi connectivity index (χ2n) is 7.33. The highest BCUT2D eigenvalue weighted by Gasteiger charge is 2.28. The molecular formula is C21H27NO12. The lowest BCUT2D eigenvalue weighted by Crippen LogP contribution is -2.22. The molecule has 2 aromatic rings. The first-order chi connectivity index (χ1) is 15.7. The Morgan fingerprint density at radius 1 is 0.794 bits per heavy atom. The third-order valence-electron chi connectivity index (χ3n) is 4.65. The molecule has 2 aromatic carbocycles. The molecule has 0 saturated carbocycles. The molecule has 2 rings (SSSR count). The van der Waals surface area contributed by atoms with E-state index in [-0.39, 0.29) is 25.7 Å². The summed E-state index contributed by atoms with van der Waals surface area (Å²) in [4.78, 5) is 19.6. The van der Waals surface area contributed by atoms with Crippen molar-refractivity contribution in [2.45, 2.75) is 44.8 Å². The molecule has 2 atom stereocenters. The van der Waals surface area contributed by atoms with Crippen LogP contribution in [0.1, 0.15) is 31.7 Å². The molecule has 13 heteroatoms. The smallest absolute Gasteiger partial charge is 0.303 e. The number of aliphatic carboxylic acids is 1. The van der Waals surface area contributed by atoms with E-state index in [9.17, 15) is 55.5 Å². The van der Waals surface area contributed by atoms with Gasteiger partial charge in [0.15, 0.2) is 11.5 Å². The van der Waals surface area contributed by atoms with Crippen LogP contribution < -0.4 is 5.73 Å². The Balaban J connectivity index is 0.000000620. The fraction of sp³-hybridized carbons (Fsp3) is 0.333. The second-order valence-corrected chi connectivity index (χ2v) is 7.33. The number of nitrogens with two attached hydrogens (primary N) is 1. The largest absolute Gasteiger partial charge is 0.507 e. The van der Waals surface area contributed by atoms with Crippen LogP contribution in [0, 0.1) is 0 Å². The third-order valence-corrected chi connectivity index (χ3v) is 4.65. The molecule has 12 N–H and O–H groups in total. The summed E-state index contributed by atoms with van der Waals surface area (Å²) in [5, 5.41) is 95.6. The standard InChI is InChI=1S/C17H20O9.C4H7NO3/c1-6(18)8(19)3-2-7-4-9(20)11(10(21)5-7)12-13(22)15(24)17(26)16(25)14(12)23;5-3(6)1-2-4(7)8/h4-6,8,18-26H,2-3H2,1H3;1-2H2,(H2,5,6)(H,7,8). The van der Waals surface area contributed by atoms with Gasteiger partial charge in [-0.3, -0.25) is 9.59 Å². The first-order valence-electron chi connectivity index (χ1n) is 9.79. The van der Waals surface area contributed by atoms with Gasteiger partial charge in [-0.1, -0.05) is 0 Å². The first kappa shape index (κ1) is 27.9. The number of aliphatic hydroxyl groups is 2. The Kier molecular flexibility index (Phi) is 9.59. The lowest BCUT2D eigenvalue weighted by molar-refractivity contribution is -0.138. The number of carbonyl (C=O) groups excluding carboxylic acids is 1. The van der Waals surface area contributed by atoms with E-state index in [1.54, 1.807) is 0 Å². The predicted octanol–water partition coefficient (Wildman–Crippen LogP) is 0.304. The summed E-state index contributed by atoms with van der Waals surface area (Å²) in [6, 6.07) is 2.37. The summed E-state index contributed by atoms with van der Waals surface area (Å²) in [7, 11) is 0. The molecule has 0 aliphatic rings. The normalized spacial score (nSPS) is 12.3. The summed E-state index contributed by atoms with van der Waals surface area (Å²) in [5.74, 6) is -8.32. The Labute approximate surface area is 192 Å². The van der Waals surface area contributed by atoms with Crippen molar-refractivity contribution in [3.05, 3.63) is 17.7 Å². The molecule has 0 fully saturated rings. The highest BCUT2D eigenvalue weighted by atomic mass is 16.4. The van der Waals surface area contributed by atoms with Crippen LogP contribution in [-0.2, 0) is 16.0 Å². The minimum absolute atomic E-state index is 0.0741. The number of phenolic OH excluding ortho intramolecular Hbond substituents is 7. The minimum atomic E-state index is -1.16. The highest BCUT2D eigenvalue weighted by Crippen LogP contribution is 2.57. The van der Waals surface area contributed by atoms with E-state index in [0.717, 1.165) is 0 Å². The van der Waals surface area contributed by atoms with Gasteiger partial charge in [-0.05, 0) is 37.5 Å². The quantitative estimate of drug-likeness (QED) is 0.178. The molecule has 0 saturated heterocycles. The number of phenols is 7. The maximum Gasteiger partial charge on any atom is 0.303 e. The van der Waals surface area contributed by atoms with Crippen molar-refractivity contribution in [2.75, 3.05) is 0 Å². The number of aliphatic hydroxyl groups excluding tert-OH is 2. The number of rotatable bonds is 8. The average Bonchev–Trinajstić information content (AvgIpc) is 2.75. The Morgan fingerprint density at radius 3 is 1.59 bits per heavy atom. The number of hydrogen-bond acceptors (Lipinski definition) is 11. The van der Waals surface area contributed by atoms with E-state index in [0.29, 0.717) is 5.56 Å². The molecule has 0 aliphatic carbocycles. The zero-order chi connectivity index (χ0) is 26.3. The molecule has 13 nitrogen and oxygen atoms in total. The second kappa shape index (κ2) is 11.7. The topological polar surface area (TPSA) is 262 Å². The van der Waals surface area contributed by atoms with Gasteiger partial charge in [0.25, 0.3) is 0 Å². The van der Waals surface area contributed by atoms with Gasteiger partial charge in [0.05, 0.1) is 29.8 Å². The maximum atomic E-state index is 10.2. The van der Waals surface area contributed by atoms with Gasteiger partial charge in [-0.15, -0.1) is 0 Å². The van der Waals surface area contributed by atoms with Crippen LogP contribution in [0.3, 0.4) is 0 Å². The zero-order valence-corrected chi connectivity index (χ0v) is 18.0. The number of amides is 1. The van der Waals surface area contributed by atoms with Crippen LogP contribution in [0.5, 0.6) is 40.2 Å². The molecule has 1 amide bonds. The number of primary amides is 1. The molecule has 0 radical (unpaired) electrons. The number of aromatic hydroxyl groups is 7. The van der Waals surface area contributed by atoms with E-state index in [1.165, 1.54) is 19.1 Å². The number of carboxylic acid groups (broad SMARTS) is 1. The monoisotopic (exact) mass is 485 g/mol. The lowest BCUT2D eigenvalue weighted by atomic mass is 9.96. The number of carbonyl (C=O) groups is 2. The van der Waals surface area contributed by atoms with Gasteiger partial charge >= 0.3 is 5.97 Å². The molecule has 0 bridgehead atoms. The maximum absolute atomic E-state index is 10.2. The highest BCUT2D eigenvalue weighted by molar-refractivity contribution is 5.90. The van der Waals surface area contributed by atoms with Gasteiger partial charge in [-0.2, -0.15) is 0 Å². The summed E-state index contributed by atoms with van der Waals surface area (Å²) in [6.45, 7) is 1.41. The Morgan fingerprint density at radius 2 is 1.24 bits per heavy atom. The van der Waals surface area contributed by atoms with E-state index < -0.39 is 75.5 Å². The van der Waals surface area contributed by atoms with Crippen LogP contribution in [0.15, 0.2) is 12.1 Å². The van der Waals surface area contributed by atoms with Crippen LogP contribution in [0.25, 0.3) is 11.1 Å². The van der Waals surface area contributed by atoms with Crippen molar-refractivity contribution < 1.29 is 60.7 Å². The molecule has 0 heterocycles. The molecular weight excluding hydrogens is 458 g/mol. The van der Waals surface area contributed by atoms with Gasteiger partial charge in [0, 0.05) is 6.42 Å². The van der Waals surface area contributed by atoms with Crippen molar-refractivity contribution in [1.29, 1.82) is 0 Å². The third kappa shape index (κ3) is 6.95. The number of benzene rings is 2. The molecule has 0 spiro atoms. The molecule has 2 unspecified atom stereocenters. The van der Waals surface area contributed by atoms with Crippen molar-refractivity contribution in [3.8, 4) is 51.4 Å². The van der Waals surface area contributed by atoms with E-state index in [4.69, 9.17) is 5.11 Å². The van der Waals surface area contributed by atoms with Gasteiger partial charge < -0.3 is 56.8 Å². The molecule has 34 heavy (non-hydrogen) atoms. The van der Waals surface area contributed by atoms with Crippen molar-refractivity contribution in [1.82, 2.24) is 0 Å². The minimum Gasteiger partial charge on any atom is -0.507 e. The fourth-order valence-corrected chi connectivity index (χ4v) is 2.78. The van der Waals surface area contributed by atoms with Crippen molar-refractivity contribution >= 4 is 11.9 Å².